The largest absolute Gasteiger partial charge is 0.324 e. The summed E-state index contributed by atoms with van der Waals surface area (Å²) in [4.78, 5) is 44.3. The summed E-state index contributed by atoms with van der Waals surface area (Å²) in [5, 5.41) is 3.82. The SMILES string of the molecule is c1ccc2c(c1)-c1nc-2nc2[nH]c(nc3nc(nc4[nH]c(n1)c1ccccc41)-c1ccccc1-3)c1ccccc21.c1ccncc1.c1ccncc1. The molecule has 0 amide bonds. The Morgan fingerprint density at radius 3 is 0.769 bits per heavy atom. The maximum Gasteiger partial charge on any atom is 0.164 e. The van der Waals surface area contributed by atoms with E-state index in [0.717, 1.165) is 43.8 Å². The molecule has 246 valence electrons. The number of aromatic amines is 2. The number of nitrogens with zero attached hydrogens (tertiary/aromatic N) is 8. The van der Waals surface area contributed by atoms with Crippen LogP contribution < -0.4 is 0 Å². The number of aromatic nitrogens is 10. The van der Waals surface area contributed by atoms with E-state index in [1.807, 2.05) is 133 Å². The molecule has 2 N–H and O–H groups in total. The monoisotopic (exact) mass is 672 g/mol. The van der Waals surface area contributed by atoms with Crippen molar-refractivity contribution in [2.45, 2.75) is 0 Å². The predicted molar refractivity (Wildman–Crippen MR) is 205 cm³/mol. The molecule has 0 spiro atoms. The van der Waals surface area contributed by atoms with Crippen LogP contribution in [-0.4, -0.2) is 49.8 Å². The average molecular weight is 673 g/mol. The Hall–Kier alpha value is -7.46. The van der Waals surface area contributed by atoms with Crippen molar-refractivity contribution in [1.29, 1.82) is 0 Å². The lowest BCUT2D eigenvalue weighted by Crippen LogP contribution is -1.82. The molecule has 8 bridgehead atoms. The molecule has 0 unspecified atom stereocenters. The fraction of sp³-hybridized carbons (Fsp3) is 0. The van der Waals surface area contributed by atoms with Crippen LogP contribution in [0.2, 0.25) is 0 Å². The summed E-state index contributed by atoms with van der Waals surface area (Å²) in [5.41, 5.74) is 6.45. The second-order valence-corrected chi connectivity index (χ2v) is 11.8. The molecule has 0 fully saturated rings. The third-order valence-electron chi connectivity index (χ3n) is 8.59. The number of rotatable bonds is 0. The van der Waals surface area contributed by atoms with Crippen molar-refractivity contribution in [2.75, 3.05) is 0 Å². The first-order valence-electron chi connectivity index (χ1n) is 16.7. The van der Waals surface area contributed by atoms with Gasteiger partial charge in [0.2, 0.25) is 0 Å². The molecular weight excluding hydrogens is 645 g/mol. The molecule has 11 rings (SSSR count). The molecule has 4 aromatic carbocycles. The van der Waals surface area contributed by atoms with Gasteiger partial charge in [-0.25, -0.2) is 29.9 Å². The lowest BCUT2D eigenvalue weighted by molar-refractivity contribution is 1.19. The molecule has 52 heavy (non-hydrogen) atoms. The first-order valence-corrected chi connectivity index (χ1v) is 16.7. The van der Waals surface area contributed by atoms with E-state index in [1.54, 1.807) is 24.8 Å². The van der Waals surface area contributed by atoms with E-state index in [4.69, 9.17) is 29.9 Å². The van der Waals surface area contributed by atoms with Crippen LogP contribution in [0.3, 0.4) is 0 Å². The Morgan fingerprint density at radius 2 is 0.538 bits per heavy atom. The molecule has 0 atom stereocenters. The standard InChI is InChI=1S/C32H18N8.2C5H5N/c1-2-10-18-17(9-1)25-33-26(18)38-28-21-13-5-6-14-22(21)30(35-28)40-32-24-16-8-7-15-23(24)31(36-32)39-29-20-12-4-3-11-19(20)27(34-29)37-25;2*1-2-4-6-5-3-1/h1-16H,(H2,33,34,35,36,37,38,39,40);2*1-5H. The fourth-order valence-electron chi connectivity index (χ4n) is 6.22. The van der Waals surface area contributed by atoms with E-state index >= 15 is 0 Å². The van der Waals surface area contributed by atoms with Crippen LogP contribution in [0, 0.1) is 0 Å². The number of hydrogen-bond acceptors (Lipinski definition) is 8. The Morgan fingerprint density at radius 1 is 0.269 bits per heavy atom. The topological polar surface area (TPSA) is 135 Å². The van der Waals surface area contributed by atoms with Gasteiger partial charge in [0.1, 0.15) is 22.6 Å². The zero-order valence-electron chi connectivity index (χ0n) is 27.6. The third-order valence-corrected chi connectivity index (χ3v) is 8.59. The maximum atomic E-state index is 5.02. The van der Waals surface area contributed by atoms with E-state index < -0.39 is 0 Å². The third kappa shape index (κ3) is 5.80. The zero-order valence-corrected chi connectivity index (χ0v) is 27.6. The number of fused-ring (bicyclic) bond motifs is 20. The van der Waals surface area contributed by atoms with Crippen molar-refractivity contribution in [2.24, 2.45) is 0 Å². The Kier molecular flexibility index (Phi) is 7.91. The molecule has 2 aliphatic heterocycles. The van der Waals surface area contributed by atoms with Crippen molar-refractivity contribution in [1.82, 2.24) is 49.8 Å². The molecule has 0 aliphatic carbocycles. The molecule has 5 aromatic heterocycles. The highest BCUT2D eigenvalue weighted by atomic mass is 15.1. The number of benzene rings is 4. The lowest BCUT2D eigenvalue weighted by atomic mass is 10.1. The Labute approximate surface area is 297 Å². The Balaban J connectivity index is 0.000000256. The van der Waals surface area contributed by atoms with Gasteiger partial charge in [-0.1, -0.05) is 109 Å². The van der Waals surface area contributed by atoms with Crippen molar-refractivity contribution < 1.29 is 0 Å². The van der Waals surface area contributed by atoms with Gasteiger partial charge < -0.3 is 9.97 Å². The van der Waals surface area contributed by atoms with Crippen LogP contribution in [0.5, 0.6) is 0 Å². The normalized spacial score (nSPS) is 11.1. The summed E-state index contributed by atoms with van der Waals surface area (Å²) in [6, 6.07) is 43.7. The predicted octanol–water partition coefficient (Wildman–Crippen LogP) is 9.03. The van der Waals surface area contributed by atoms with Gasteiger partial charge in [0.25, 0.3) is 0 Å². The molecule has 0 radical (unpaired) electrons. The van der Waals surface area contributed by atoms with Crippen LogP contribution >= 0.6 is 0 Å². The number of nitrogens with one attached hydrogen (secondary N) is 2. The second kappa shape index (κ2) is 13.4. The van der Waals surface area contributed by atoms with E-state index in [0.29, 0.717) is 45.9 Å². The highest BCUT2D eigenvalue weighted by molar-refractivity contribution is 6.06. The average Bonchev–Trinajstić information content (AvgIpc) is 3.96. The highest BCUT2D eigenvalue weighted by Gasteiger charge is 2.21. The van der Waals surface area contributed by atoms with Gasteiger partial charge in [-0.05, 0) is 24.3 Å². The number of hydrogen-bond donors (Lipinski definition) is 2. The first-order chi connectivity index (χ1) is 25.8. The molecule has 2 aliphatic rings. The molecule has 10 nitrogen and oxygen atoms in total. The molecule has 7 heterocycles. The van der Waals surface area contributed by atoms with E-state index in [-0.39, 0.29) is 0 Å². The van der Waals surface area contributed by atoms with Crippen LogP contribution in [-0.2, 0) is 0 Å². The van der Waals surface area contributed by atoms with Crippen LogP contribution in [0.15, 0.2) is 158 Å². The number of H-pyrrole nitrogens is 2. The molecule has 0 saturated heterocycles. The van der Waals surface area contributed by atoms with Crippen molar-refractivity contribution in [3.8, 4) is 45.6 Å². The highest BCUT2D eigenvalue weighted by Crippen LogP contribution is 2.36. The van der Waals surface area contributed by atoms with Gasteiger partial charge in [0.05, 0.1) is 0 Å². The molecular formula is C42H28N10. The molecule has 0 saturated carbocycles. The van der Waals surface area contributed by atoms with E-state index in [1.165, 1.54) is 0 Å². The van der Waals surface area contributed by atoms with Gasteiger partial charge in [-0.2, -0.15) is 0 Å². The number of pyridine rings is 2. The van der Waals surface area contributed by atoms with Crippen molar-refractivity contribution in [3.63, 3.8) is 0 Å². The minimum absolute atomic E-state index is 0.597. The van der Waals surface area contributed by atoms with Crippen LogP contribution in [0.4, 0.5) is 0 Å². The summed E-state index contributed by atoms with van der Waals surface area (Å²) in [5.74, 6) is 2.39. The smallest absolute Gasteiger partial charge is 0.164 e. The van der Waals surface area contributed by atoms with Gasteiger partial charge in [0.15, 0.2) is 23.3 Å². The van der Waals surface area contributed by atoms with Crippen molar-refractivity contribution >= 4 is 44.1 Å². The van der Waals surface area contributed by atoms with Gasteiger partial charge in [0, 0.05) is 68.6 Å². The quantitative estimate of drug-likeness (QED) is 0.163. The Bertz CT molecular complexity index is 2460. The van der Waals surface area contributed by atoms with Crippen molar-refractivity contribution in [3.05, 3.63) is 158 Å². The summed E-state index contributed by atoms with van der Waals surface area (Å²) < 4.78 is 0. The second-order valence-electron chi connectivity index (χ2n) is 11.8. The molecule has 9 aromatic rings. The van der Waals surface area contributed by atoms with Gasteiger partial charge in [-0.3, -0.25) is 9.97 Å². The summed E-state index contributed by atoms with van der Waals surface area (Å²) >= 11 is 0. The summed E-state index contributed by atoms with van der Waals surface area (Å²) in [7, 11) is 0. The lowest BCUT2D eigenvalue weighted by Gasteiger charge is -1.96. The van der Waals surface area contributed by atoms with Gasteiger partial charge >= 0.3 is 0 Å². The molecule has 10 heteroatoms. The fourth-order valence-corrected chi connectivity index (χ4v) is 6.22. The van der Waals surface area contributed by atoms with Crippen LogP contribution in [0.25, 0.3) is 89.7 Å². The minimum atomic E-state index is 0.597. The van der Waals surface area contributed by atoms with E-state index in [2.05, 4.69) is 19.9 Å². The summed E-state index contributed by atoms with van der Waals surface area (Å²) in [6.07, 6.45) is 7.00. The minimum Gasteiger partial charge on any atom is -0.324 e. The van der Waals surface area contributed by atoms with Crippen LogP contribution in [0.1, 0.15) is 0 Å². The van der Waals surface area contributed by atoms with E-state index in [9.17, 15) is 0 Å². The maximum absolute atomic E-state index is 5.02. The zero-order chi connectivity index (χ0) is 34.7. The summed E-state index contributed by atoms with van der Waals surface area (Å²) in [6.45, 7) is 0. The first kappa shape index (κ1) is 30.6. The van der Waals surface area contributed by atoms with Gasteiger partial charge in [-0.15, -0.1) is 0 Å².